The van der Waals surface area contributed by atoms with Crippen molar-refractivity contribution in [3.8, 4) is 0 Å². The fourth-order valence-electron chi connectivity index (χ4n) is 1.62. The Kier molecular flexibility index (Phi) is 4.62. The highest BCUT2D eigenvalue weighted by molar-refractivity contribution is 4.81. The van der Waals surface area contributed by atoms with E-state index >= 15 is 0 Å². The summed E-state index contributed by atoms with van der Waals surface area (Å²) in [6.07, 6.45) is 6.11. The minimum atomic E-state index is 0.926. The first-order valence-corrected chi connectivity index (χ1v) is 5.12. The van der Waals surface area contributed by atoms with Crippen LogP contribution >= 0.6 is 0 Å². The van der Waals surface area contributed by atoms with Gasteiger partial charge in [0.05, 0.1) is 0 Å². The van der Waals surface area contributed by atoms with Crippen molar-refractivity contribution in [1.82, 2.24) is 4.90 Å². The summed E-state index contributed by atoms with van der Waals surface area (Å²) in [7, 11) is 0. The van der Waals surface area contributed by atoms with Crippen molar-refractivity contribution in [1.29, 1.82) is 0 Å². The summed E-state index contributed by atoms with van der Waals surface area (Å²) in [5.41, 5.74) is 0. The van der Waals surface area contributed by atoms with E-state index in [0.717, 1.165) is 26.1 Å². The molecule has 1 heterocycles. The van der Waals surface area contributed by atoms with Gasteiger partial charge in [0.1, 0.15) is 0 Å². The van der Waals surface area contributed by atoms with E-state index in [1.807, 2.05) is 0 Å². The van der Waals surface area contributed by atoms with Gasteiger partial charge in [0.2, 0.25) is 0 Å². The van der Waals surface area contributed by atoms with Crippen molar-refractivity contribution >= 4 is 0 Å². The smallest absolute Gasteiger partial charge is 0.164 e. The van der Waals surface area contributed by atoms with Crippen LogP contribution in [0, 0.1) is 6.23 Å². The van der Waals surface area contributed by atoms with Gasteiger partial charge in [-0.2, -0.15) is 0 Å². The molecule has 0 aromatic heterocycles. The molecule has 1 aliphatic heterocycles. The zero-order chi connectivity index (χ0) is 8.81. The van der Waals surface area contributed by atoms with Gasteiger partial charge in [-0.3, -0.25) is 4.90 Å². The Morgan fingerprint density at radius 1 is 1.33 bits per heavy atom. The summed E-state index contributed by atoms with van der Waals surface area (Å²) in [5.74, 6) is 0. The van der Waals surface area contributed by atoms with Crippen molar-refractivity contribution in [3.63, 3.8) is 0 Å². The van der Waals surface area contributed by atoms with Crippen LogP contribution in [0.1, 0.15) is 39.5 Å². The van der Waals surface area contributed by atoms with Gasteiger partial charge in [0, 0.05) is 13.2 Å². The van der Waals surface area contributed by atoms with Gasteiger partial charge in [-0.15, -0.1) is 0 Å². The number of hydrogen-bond donors (Lipinski definition) is 0. The van der Waals surface area contributed by atoms with Gasteiger partial charge in [0.15, 0.2) is 6.23 Å². The molecular formula is C10H20NO. The lowest BCUT2D eigenvalue weighted by Crippen LogP contribution is -2.33. The molecule has 12 heavy (non-hydrogen) atoms. The first-order valence-electron chi connectivity index (χ1n) is 5.12. The van der Waals surface area contributed by atoms with Crippen molar-refractivity contribution < 1.29 is 4.74 Å². The molecule has 0 aliphatic carbocycles. The zero-order valence-electron chi connectivity index (χ0n) is 8.31. The van der Waals surface area contributed by atoms with Crippen molar-refractivity contribution in [2.75, 3.05) is 19.7 Å². The van der Waals surface area contributed by atoms with Gasteiger partial charge >= 0.3 is 0 Å². The van der Waals surface area contributed by atoms with Crippen LogP contribution in [0.15, 0.2) is 0 Å². The summed E-state index contributed by atoms with van der Waals surface area (Å²) in [5, 5.41) is 0. The molecule has 1 rings (SSSR count). The molecule has 0 saturated carbocycles. The molecule has 1 fully saturated rings. The third-order valence-corrected chi connectivity index (χ3v) is 2.28. The quantitative estimate of drug-likeness (QED) is 0.642. The summed E-state index contributed by atoms with van der Waals surface area (Å²) in [6, 6.07) is 0. The van der Waals surface area contributed by atoms with E-state index in [2.05, 4.69) is 18.7 Å². The van der Waals surface area contributed by atoms with Crippen LogP contribution in [-0.2, 0) is 4.74 Å². The zero-order valence-corrected chi connectivity index (χ0v) is 8.31. The molecule has 0 aromatic carbocycles. The third kappa shape index (κ3) is 2.76. The van der Waals surface area contributed by atoms with Gasteiger partial charge in [-0.25, -0.2) is 0 Å². The van der Waals surface area contributed by atoms with Crippen LogP contribution in [0.5, 0.6) is 0 Å². The predicted molar refractivity (Wildman–Crippen MR) is 50.6 cm³/mol. The van der Waals surface area contributed by atoms with E-state index < -0.39 is 0 Å². The van der Waals surface area contributed by atoms with Crippen LogP contribution in [0.4, 0.5) is 0 Å². The van der Waals surface area contributed by atoms with Crippen LogP contribution in [-0.4, -0.2) is 24.6 Å². The molecule has 0 bridgehead atoms. The Morgan fingerprint density at radius 3 is 2.67 bits per heavy atom. The van der Waals surface area contributed by atoms with Crippen LogP contribution < -0.4 is 0 Å². The van der Waals surface area contributed by atoms with Crippen molar-refractivity contribution in [2.45, 2.75) is 39.5 Å². The second-order valence-corrected chi connectivity index (χ2v) is 3.28. The van der Waals surface area contributed by atoms with Gasteiger partial charge in [0.25, 0.3) is 0 Å². The van der Waals surface area contributed by atoms with E-state index in [0.29, 0.717) is 0 Å². The maximum atomic E-state index is 5.63. The highest BCUT2D eigenvalue weighted by Crippen LogP contribution is 2.22. The standard InChI is InChI=1S/C10H20NO/c1-3-8-11(4-2)10-7-5-6-9-12-10/h3-9H2,1-2H3. The first kappa shape index (κ1) is 10.0. The van der Waals surface area contributed by atoms with E-state index in [1.165, 1.54) is 25.5 Å². The highest BCUT2D eigenvalue weighted by atomic mass is 16.5. The minimum Gasteiger partial charge on any atom is -0.356 e. The maximum Gasteiger partial charge on any atom is 0.164 e. The van der Waals surface area contributed by atoms with Crippen molar-refractivity contribution in [2.24, 2.45) is 0 Å². The lowest BCUT2D eigenvalue weighted by atomic mass is 10.1. The van der Waals surface area contributed by atoms with Gasteiger partial charge in [-0.1, -0.05) is 13.8 Å². The second kappa shape index (κ2) is 5.55. The SMILES string of the molecule is CCCN(CC)[C]1CCCCO1. The van der Waals surface area contributed by atoms with Crippen molar-refractivity contribution in [3.05, 3.63) is 6.23 Å². The molecule has 0 atom stereocenters. The number of nitrogens with zero attached hydrogens (tertiary/aromatic N) is 1. The third-order valence-electron chi connectivity index (χ3n) is 2.28. The average Bonchev–Trinajstić information content (AvgIpc) is 2.15. The molecule has 2 nitrogen and oxygen atoms in total. The highest BCUT2D eigenvalue weighted by Gasteiger charge is 2.20. The average molecular weight is 170 g/mol. The topological polar surface area (TPSA) is 12.5 Å². The first-order chi connectivity index (χ1) is 5.88. The Morgan fingerprint density at radius 2 is 2.17 bits per heavy atom. The predicted octanol–water partition coefficient (Wildman–Crippen LogP) is 2.41. The summed E-state index contributed by atoms with van der Waals surface area (Å²) in [6.45, 7) is 7.57. The Balaban J connectivity index is 2.29. The Labute approximate surface area is 75.9 Å². The largest absolute Gasteiger partial charge is 0.356 e. The van der Waals surface area contributed by atoms with E-state index in [-0.39, 0.29) is 0 Å². The Bertz CT molecular complexity index is 108. The fraction of sp³-hybridized carbons (Fsp3) is 0.900. The maximum absolute atomic E-state index is 5.63. The fourth-order valence-corrected chi connectivity index (χ4v) is 1.62. The Hall–Kier alpha value is -0.0800. The number of ether oxygens (including phenoxy) is 1. The molecule has 0 N–H and O–H groups in total. The molecule has 0 aromatic rings. The molecule has 0 spiro atoms. The summed E-state index contributed by atoms with van der Waals surface area (Å²) >= 11 is 0. The number of rotatable bonds is 4. The second-order valence-electron chi connectivity index (χ2n) is 3.28. The van der Waals surface area contributed by atoms with Crippen LogP contribution in [0.3, 0.4) is 0 Å². The number of hydrogen-bond acceptors (Lipinski definition) is 2. The molecular weight excluding hydrogens is 150 g/mol. The lowest BCUT2D eigenvalue weighted by Gasteiger charge is -2.31. The summed E-state index contributed by atoms with van der Waals surface area (Å²) in [4.78, 5) is 2.36. The molecule has 0 amide bonds. The monoisotopic (exact) mass is 170 g/mol. The lowest BCUT2D eigenvalue weighted by molar-refractivity contribution is 0.00605. The van der Waals surface area contributed by atoms with E-state index in [9.17, 15) is 0 Å². The van der Waals surface area contributed by atoms with Gasteiger partial charge < -0.3 is 4.74 Å². The normalized spacial score (nSPS) is 20.2. The van der Waals surface area contributed by atoms with E-state index in [4.69, 9.17) is 4.74 Å². The molecule has 2 heteroatoms. The molecule has 1 radical (unpaired) electrons. The van der Waals surface area contributed by atoms with E-state index in [1.54, 1.807) is 0 Å². The van der Waals surface area contributed by atoms with Gasteiger partial charge in [-0.05, 0) is 32.2 Å². The van der Waals surface area contributed by atoms with Crippen LogP contribution in [0.25, 0.3) is 0 Å². The summed E-state index contributed by atoms with van der Waals surface area (Å²) < 4.78 is 5.63. The molecule has 1 saturated heterocycles. The van der Waals surface area contributed by atoms with Crippen LogP contribution in [0.2, 0.25) is 0 Å². The minimum absolute atomic E-state index is 0.926. The molecule has 0 unspecified atom stereocenters. The molecule has 1 aliphatic rings. The molecule has 71 valence electrons.